The minimum atomic E-state index is 0.454. The minimum absolute atomic E-state index is 0.454. The maximum atomic E-state index is 5.90. The molecule has 2 atom stereocenters. The average molecular weight is 254 g/mol. The van der Waals surface area contributed by atoms with Crippen LogP contribution < -0.4 is 0 Å². The van der Waals surface area contributed by atoms with Gasteiger partial charge in [0, 0.05) is 6.54 Å². The third kappa shape index (κ3) is 3.69. The summed E-state index contributed by atoms with van der Waals surface area (Å²) in [5.41, 5.74) is 0.565. The van der Waals surface area contributed by atoms with Gasteiger partial charge in [0.1, 0.15) is 0 Å². The van der Waals surface area contributed by atoms with Crippen molar-refractivity contribution < 1.29 is 4.74 Å². The second kappa shape index (κ2) is 5.89. The summed E-state index contributed by atoms with van der Waals surface area (Å²) in [7, 11) is 4.32. The summed E-state index contributed by atoms with van der Waals surface area (Å²) in [6, 6.07) is 0. The first kappa shape index (κ1) is 14.3. The van der Waals surface area contributed by atoms with Crippen molar-refractivity contribution in [1.82, 2.24) is 9.80 Å². The molecule has 0 aromatic carbocycles. The predicted octanol–water partition coefficient (Wildman–Crippen LogP) is 2.22. The normalized spacial score (nSPS) is 37.8. The molecule has 0 radical (unpaired) electrons. The molecule has 106 valence electrons. The molecule has 2 fully saturated rings. The van der Waals surface area contributed by atoms with E-state index >= 15 is 0 Å². The molecule has 0 N–H and O–H groups in total. The predicted molar refractivity (Wildman–Crippen MR) is 75.9 cm³/mol. The van der Waals surface area contributed by atoms with Crippen LogP contribution in [0.25, 0.3) is 0 Å². The zero-order chi connectivity index (χ0) is 13.2. The third-order valence-corrected chi connectivity index (χ3v) is 4.50. The Kier molecular flexibility index (Phi) is 4.68. The Hall–Kier alpha value is -0.120. The van der Waals surface area contributed by atoms with Gasteiger partial charge in [-0.25, -0.2) is 0 Å². The van der Waals surface area contributed by atoms with Crippen LogP contribution in [0, 0.1) is 5.41 Å². The van der Waals surface area contributed by atoms with Crippen LogP contribution >= 0.6 is 0 Å². The maximum Gasteiger partial charge on any atom is 0.0556 e. The van der Waals surface area contributed by atoms with Crippen molar-refractivity contribution >= 4 is 0 Å². The Labute approximate surface area is 112 Å². The lowest BCUT2D eigenvalue weighted by atomic mass is 9.75. The summed E-state index contributed by atoms with van der Waals surface area (Å²) in [5, 5.41) is 0. The van der Waals surface area contributed by atoms with E-state index in [1.165, 1.54) is 51.9 Å². The molecule has 0 aromatic rings. The highest BCUT2D eigenvalue weighted by molar-refractivity contribution is 4.94. The quantitative estimate of drug-likeness (QED) is 0.765. The number of nitrogens with zero attached hydrogens (tertiary/aromatic N) is 2. The third-order valence-electron chi connectivity index (χ3n) is 4.50. The first-order valence-electron chi connectivity index (χ1n) is 7.52. The molecule has 0 bridgehead atoms. The highest BCUT2D eigenvalue weighted by Gasteiger charge is 2.43. The van der Waals surface area contributed by atoms with Crippen LogP contribution in [0.4, 0.5) is 0 Å². The van der Waals surface area contributed by atoms with Gasteiger partial charge >= 0.3 is 0 Å². The summed E-state index contributed by atoms with van der Waals surface area (Å²) < 4.78 is 5.90. The molecular formula is C15H30N2O. The summed E-state index contributed by atoms with van der Waals surface area (Å²) in [5.74, 6) is 0. The number of hydrogen-bond donors (Lipinski definition) is 0. The minimum Gasteiger partial charge on any atom is -0.376 e. The van der Waals surface area contributed by atoms with Crippen LogP contribution in [0.5, 0.6) is 0 Å². The number of hydrogen-bond acceptors (Lipinski definition) is 3. The number of likely N-dealkylation sites (tertiary alicyclic amines) is 1. The highest BCUT2D eigenvalue weighted by Crippen LogP contribution is 2.43. The second-order valence-electron chi connectivity index (χ2n) is 6.85. The molecule has 2 aliphatic heterocycles. The van der Waals surface area contributed by atoms with Gasteiger partial charge < -0.3 is 14.5 Å². The maximum absolute atomic E-state index is 5.90. The van der Waals surface area contributed by atoms with E-state index in [0.717, 1.165) is 0 Å². The van der Waals surface area contributed by atoms with Crippen molar-refractivity contribution in [3.05, 3.63) is 0 Å². The van der Waals surface area contributed by atoms with Gasteiger partial charge in [-0.05, 0) is 78.7 Å². The summed E-state index contributed by atoms with van der Waals surface area (Å²) in [6.07, 6.45) is 6.12. The topological polar surface area (TPSA) is 15.7 Å². The Morgan fingerprint density at radius 1 is 1.22 bits per heavy atom. The number of rotatable bonds is 4. The van der Waals surface area contributed by atoms with Gasteiger partial charge in [0.05, 0.1) is 12.2 Å². The zero-order valence-corrected chi connectivity index (χ0v) is 12.6. The molecular weight excluding hydrogens is 224 g/mol. The summed E-state index contributed by atoms with van der Waals surface area (Å²) in [4.78, 5) is 4.96. The molecule has 0 amide bonds. The average Bonchev–Trinajstić information content (AvgIpc) is 2.58. The van der Waals surface area contributed by atoms with Gasteiger partial charge in [-0.2, -0.15) is 0 Å². The highest BCUT2D eigenvalue weighted by atomic mass is 16.5. The largest absolute Gasteiger partial charge is 0.376 e. The van der Waals surface area contributed by atoms with Crippen molar-refractivity contribution in [3.8, 4) is 0 Å². The molecule has 2 aliphatic rings. The summed E-state index contributed by atoms with van der Waals surface area (Å²) >= 11 is 0. The van der Waals surface area contributed by atoms with Gasteiger partial charge in [0.25, 0.3) is 0 Å². The van der Waals surface area contributed by atoms with E-state index in [1.807, 2.05) is 0 Å². The van der Waals surface area contributed by atoms with Gasteiger partial charge in [-0.3, -0.25) is 0 Å². The van der Waals surface area contributed by atoms with E-state index in [-0.39, 0.29) is 0 Å². The molecule has 3 nitrogen and oxygen atoms in total. The van der Waals surface area contributed by atoms with Gasteiger partial charge in [-0.1, -0.05) is 0 Å². The molecule has 0 unspecified atom stereocenters. The lowest BCUT2D eigenvalue weighted by Crippen LogP contribution is -2.40. The molecule has 2 rings (SSSR count). The van der Waals surface area contributed by atoms with E-state index in [4.69, 9.17) is 4.74 Å². The van der Waals surface area contributed by atoms with E-state index in [0.29, 0.717) is 17.6 Å². The van der Waals surface area contributed by atoms with Crippen LogP contribution in [-0.2, 0) is 4.74 Å². The van der Waals surface area contributed by atoms with E-state index in [2.05, 4.69) is 37.7 Å². The van der Waals surface area contributed by atoms with E-state index < -0.39 is 0 Å². The fourth-order valence-corrected chi connectivity index (χ4v) is 3.96. The Bertz CT molecular complexity index is 257. The van der Waals surface area contributed by atoms with E-state index in [1.54, 1.807) is 0 Å². The first-order valence-corrected chi connectivity index (χ1v) is 7.52. The Balaban J connectivity index is 1.79. The van der Waals surface area contributed by atoms with Crippen LogP contribution in [-0.4, -0.2) is 62.3 Å². The van der Waals surface area contributed by atoms with Crippen LogP contribution in [0.1, 0.15) is 39.5 Å². The van der Waals surface area contributed by atoms with Gasteiger partial charge in [0.2, 0.25) is 0 Å². The Morgan fingerprint density at radius 2 is 1.89 bits per heavy atom. The smallest absolute Gasteiger partial charge is 0.0556 e. The van der Waals surface area contributed by atoms with E-state index in [9.17, 15) is 0 Å². The molecule has 2 saturated heterocycles. The summed E-state index contributed by atoms with van der Waals surface area (Å²) in [6.45, 7) is 9.56. The molecule has 3 heteroatoms. The molecule has 1 spiro atoms. The molecule has 0 saturated carbocycles. The monoisotopic (exact) mass is 254 g/mol. The zero-order valence-electron chi connectivity index (χ0n) is 12.6. The fourth-order valence-electron chi connectivity index (χ4n) is 3.96. The van der Waals surface area contributed by atoms with Gasteiger partial charge in [-0.15, -0.1) is 0 Å². The van der Waals surface area contributed by atoms with Crippen molar-refractivity contribution in [3.63, 3.8) is 0 Å². The fraction of sp³-hybridized carbons (Fsp3) is 1.00. The van der Waals surface area contributed by atoms with Crippen molar-refractivity contribution in [2.24, 2.45) is 5.41 Å². The van der Waals surface area contributed by atoms with Crippen molar-refractivity contribution in [1.29, 1.82) is 0 Å². The lowest BCUT2D eigenvalue weighted by Gasteiger charge is -2.40. The van der Waals surface area contributed by atoms with Crippen LogP contribution in [0.3, 0.4) is 0 Å². The first-order chi connectivity index (χ1) is 8.49. The number of ether oxygens (including phenoxy) is 1. The molecule has 0 aromatic heterocycles. The van der Waals surface area contributed by atoms with Crippen molar-refractivity contribution in [2.45, 2.75) is 51.7 Å². The molecule has 18 heavy (non-hydrogen) atoms. The van der Waals surface area contributed by atoms with Gasteiger partial charge in [0.15, 0.2) is 0 Å². The lowest BCUT2D eigenvalue weighted by molar-refractivity contribution is -0.0836. The molecule has 0 aliphatic carbocycles. The SMILES string of the molecule is C[C@H]1CC2(CCN(CCCN(C)C)C2)C[C@H](C)O1. The Morgan fingerprint density at radius 3 is 2.50 bits per heavy atom. The van der Waals surface area contributed by atoms with Crippen LogP contribution in [0.15, 0.2) is 0 Å². The second-order valence-corrected chi connectivity index (χ2v) is 6.85. The van der Waals surface area contributed by atoms with Crippen LogP contribution in [0.2, 0.25) is 0 Å². The van der Waals surface area contributed by atoms with Crippen molar-refractivity contribution in [2.75, 3.05) is 40.3 Å². The standard InChI is InChI=1S/C15H30N2O/c1-13-10-15(11-14(2)18-13)6-9-17(12-15)8-5-7-16(3)4/h13-14H,5-12H2,1-4H3/t13-,14-/m0/s1. The molecule has 2 heterocycles.